The van der Waals surface area contributed by atoms with E-state index in [2.05, 4.69) is 9.47 Å². The van der Waals surface area contributed by atoms with E-state index in [1.54, 1.807) is 0 Å². The number of ether oxygens (including phenoxy) is 2. The molecule has 0 saturated heterocycles. The van der Waals surface area contributed by atoms with E-state index in [1.807, 2.05) is 0 Å². The van der Waals surface area contributed by atoms with Gasteiger partial charge < -0.3 is 9.47 Å². The maximum atomic E-state index is 13.7. The van der Waals surface area contributed by atoms with E-state index >= 15 is 0 Å². The Morgan fingerprint density at radius 1 is 0.826 bits per heavy atom. The van der Waals surface area contributed by atoms with Gasteiger partial charge in [0.2, 0.25) is 0 Å². The van der Waals surface area contributed by atoms with Crippen molar-refractivity contribution in [3.05, 3.63) is 0 Å². The fourth-order valence-electron chi connectivity index (χ4n) is 1.54. The molecule has 0 aliphatic carbocycles. The lowest BCUT2D eigenvalue weighted by Crippen LogP contribution is -2.58. The molecule has 0 bridgehead atoms. The summed E-state index contributed by atoms with van der Waals surface area (Å²) in [5.41, 5.74) is -2.96. The second-order valence-corrected chi connectivity index (χ2v) is 5.56. The van der Waals surface area contributed by atoms with Crippen molar-refractivity contribution in [3.8, 4) is 0 Å². The van der Waals surface area contributed by atoms with Crippen LogP contribution in [-0.2, 0) is 9.47 Å². The summed E-state index contributed by atoms with van der Waals surface area (Å²) in [5, 5.41) is 0. The predicted octanol–water partition coefficient (Wildman–Crippen LogP) is 5.46. The van der Waals surface area contributed by atoms with Gasteiger partial charge in [-0.1, -0.05) is 13.8 Å². The number of hydrogen-bond acceptors (Lipinski definition) is 2. The van der Waals surface area contributed by atoms with Gasteiger partial charge in [0.1, 0.15) is 11.7 Å². The Morgan fingerprint density at radius 2 is 1.26 bits per heavy atom. The number of halogens is 8. The molecule has 0 aromatic rings. The van der Waals surface area contributed by atoms with Crippen LogP contribution >= 0.6 is 0 Å². The fourth-order valence-corrected chi connectivity index (χ4v) is 1.54. The summed E-state index contributed by atoms with van der Waals surface area (Å²) >= 11 is 0. The molecule has 2 nitrogen and oxygen atoms in total. The van der Waals surface area contributed by atoms with Crippen LogP contribution in [0.3, 0.4) is 0 Å². The van der Waals surface area contributed by atoms with Crippen molar-refractivity contribution >= 4 is 0 Å². The second-order valence-electron chi connectivity index (χ2n) is 5.56. The van der Waals surface area contributed by atoms with Gasteiger partial charge in [-0.05, 0) is 20.8 Å². The third-order valence-corrected chi connectivity index (χ3v) is 3.37. The standard InChI is InChI=1S/C13H20F8O2/c1-6-10(14,15)9(4,5)23-13(20,21)12(18,19)8(3)22-11(16,17)7-2/h8H,6-7H2,1-5H3. The molecule has 0 aliphatic heterocycles. The molecular weight excluding hydrogens is 340 g/mol. The van der Waals surface area contributed by atoms with Gasteiger partial charge in [-0.15, -0.1) is 0 Å². The minimum absolute atomic E-state index is 0.284. The quantitative estimate of drug-likeness (QED) is 0.508. The smallest absolute Gasteiger partial charge is 0.311 e. The molecular formula is C13H20F8O2. The number of alkyl halides is 8. The summed E-state index contributed by atoms with van der Waals surface area (Å²) in [6.45, 7) is 3.14. The summed E-state index contributed by atoms with van der Waals surface area (Å²) in [6, 6.07) is 0. The lowest BCUT2D eigenvalue weighted by molar-refractivity contribution is -0.426. The van der Waals surface area contributed by atoms with Crippen LogP contribution in [0.5, 0.6) is 0 Å². The molecule has 0 aromatic heterocycles. The molecule has 0 fully saturated rings. The highest BCUT2D eigenvalue weighted by Gasteiger charge is 2.67. The van der Waals surface area contributed by atoms with Crippen molar-refractivity contribution in [2.75, 3.05) is 0 Å². The normalized spacial score (nSPS) is 16.6. The molecule has 140 valence electrons. The zero-order chi connectivity index (χ0) is 18.9. The Bertz CT molecular complexity index is 395. The SMILES string of the molecule is CCC(F)(F)OC(C)C(F)(F)C(F)(F)OC(C)(C)C(F)(F)CC. The molecule has 0 aromatic carbocycles. The van der Waals surface area contributed by atoms with Crippen molar-refractivity contribution in [3.63, 3.8) is 0 Å². The molecule has 1 atom stereocenters. The zero-order valence-corrected chi connectivity index (χ0v) is 13.3. The predicted molar refractivity (Wildman–Crippen MR) is 66.1 cm³/mol. The van der Waals surface area contributed by atoms with Gasteiger partial charge in [-0.3, -0.25) is 0 Å². The summed E-state index contributed by atoms with van der Waals surface area (Å²) in [4.78, 5) is 0. The first-order chi connectivity index (χ1) is 9.96. The molecule has 1 unspecified atom stereocenters. The molecule has 0 N–H and O–H groups in total. The summed E-state index contributed by atoms with van der Waals surface area (Å²) in [7, 11) is 0. The lowest BCUT2D eigenvalue weighted by atomic mass is 9.97. The molecule has 10 heteroatoms. The van der Waals surface area contributed by atoms with Crippen LogP contribution in [0.4, 0.5) is 35.1 Å². The molecule has 23 heavy (non-hydrogen) atoms. The summed E-state index contributed by atoms with van der Waals surface area (Å²) < 4.78 is 115. The van der Waals surface area contributed by atoms with Crippen LogP contribution < -0.4 is 0 Å². The lowest BCUT2D eigenvalue weighted by Gasteiger charge is -2.40. The van der Waals surface area contributed by atoms with Gasteiger partial charge in [-0.2, -0.15) is 26.3 Å². The Morgan fingerprint density at radius 3 is 1.61 bits per heavy atom. The van der Waals surface area contributed by atoms with Gasteiger partial charge in [0.15, 0.2) is 0 Å². The van der Waals surface area contributed by atoms with E-state index in [4.69, 9.17) is 0 Å². The third-order valence-electron chi connectivity index (χ3n) is 3.37. The van der Waals surface area contributed by atoms with Crippen molar-refractivity contribution in [1.82, 2.24) is 0 Å². The second kappa shape index (κ2) is 6.70. The molecule has 0 heterocycles. The van der Waals surface area contributed by atoms with Gasteiger partial charge in [-0.25, -0.2) is 8.78 Å². The average molecular weight is 360 g/mol. The largest absolute Gasteiger partial charge is 0.422 e. The molecule has 0 amide bonds. The van der Waals surface area contributed by atoms with Crippen molar-refractivity contribution in [1.29, 1.82) is 0 Å². The first-order valence-electron chi connectivity index (χ1n) is 6.85. The first-order valence-corrected chi connectivity index (χ1v) is 6.85. The number of rotatable bonds is 9. The zero-order valence-electron chi connectivity index (χ0n) is 13.3. The topological polar surface area (TPSA) is 18.5 Å². The Balaban J connectivity index is 5.39. The van der Waals surface area contributed by atoms with Crippen molar-refractivity contribution in [2.45, 2.75) is 83.2 Å². The summed E-state index contributed by atoms with van der Waals surface area (Å²) in [6.07, 6.45) is -14.5. The molecule has 0 radical (unpaired) electrons. The maximum absolute atomic E-state index is 13.7. The van der Waals surface area contributed by atoms with E-state index in [0.717, 1.165) is 13.8 Å². The Kier molecular flexibility index (Phi) is 6.51. The van der Waals surface area contributed by atoms with Gasteiger partial charge in [0.25, 0.3) is 5.92 Å². The van der Waals surface area contributed by atoms with E-state index in [-0.39, 0.29) is 6.92 Å². The van der Waals surface area contributed by atoms with Crippen LogP contribution in [0.15, 0.2) is 0 Å². The first kappa shape index (κ1) is 22.4. The van der Waals surface area contributed by atoms with Gasteiger partial charge in [0.05, 0.1) is 0 Å². The number of hydrogen-bond donors (Lipinski definition) is 0. The van der Waals surface area contributed by atoms with Crippen LogP contribution in [-0.4, -0.2) is 35.8 Å². The van der Waals surface area contributed by atoms with Gasteiger partial charge in [0, 0.05) is 12.8 Å². The Labute approximate surface area is 129 Å². The molecule has 0 rings (SSSR count). The van der Waals surface area contributed by atoms with Crippen LogP contribution in [0.1, 0.15) is 47.5 Å². The highest BCUT2D eigenvalue weighted by Crippen LogP contribution is 2.46. The molecule has 0 saturated carbocycles. The average Bonchev–Trinajstić information content (AvgIpc) is 2.36. The fraction of sp³-hybridized carbons (Fsp3) is 1.00. The maximum Gasteiger partial charge on any atom is 0.422 e. The summed E-state index contributed by atoms with van der Waals surface area (Å²) in [5.74, 6) is -9.10. The molecule has 0 aliphatic rings. The van der Waals surface area contributed by atoms with Gasteiger partial charge >= 0.3 is 18.1 Å². The third kappa shape index (κ3) is 4.91. The van der Waals surface area contributed by atoms with Crippen molar-refractivity contribution in [2.24, 2.45) is 0 Å². The van der Waals surface area contributed by atoms with E-state index in [1.165, 1.54) is 0 Å². The molecule has 0 spiro atoms. The highest BCUT2D eigenvalue weighted by atomic mass is 19.3. The van der Waals surface area contributed by atoms with E-state index in [0.29, 0.717) is 13.8 Å². The van der Waals surface area contributed by atoms with E-state index < -0.39 is 48.6 Å². The highest BCUT2D eigenvalue weighted by molar-refractivity contribution is 4.92. The monoisotopic (exact) mass is 360 g/mol. The van der Waals surface area contributed by atoms with E-state index in [9.17, 15) is 35.1 Å². The minimum Gasteiger partial charge on any atom is -0.311 e. The van der Waals surface area contributed by atoms with Crippen LogP contribution in [0.25, 0.3) is 0 Å². The minimum atomic E-state index is -5.45. The van der Waals surface area contributed by atoms with Crippen molar-refractivity contribution < 1.29 is 44.6 Å². The Hall–Kier alpha value is -0.640. The van der Waals surface area contributed by atoms with Crippen LogP contribution in [0, 0.1) is 0 Å². The van der Waals surface area contributed by atoms with Crippen LogP contribution in [0.2, 0.25) is 0 Å².